The van der Waals surface area contributed by atoms with Crippen molar-refractivity contribution in [3.8, 4) is 11.3 Å². The molecule has 4 rings (SSSR count). The SMILES string of the molecule is Cc1ccc(-c2cc(NC(=O)c3ccccc3)c(=O)n(CC(=O)Nc3ccc(F)cc3)n2)cc1. The largest absolute Gasteiger partial charge is 0.324 e. The molecule has 2 amide bonds. The summed E-state index contributed by atoms with van der Waals surface area (Å²) in [6.45, 7) is 1.55. The van der Waals surface area contributed by atoms with Gasteiger partial charge in [0, 0.05) is 16.8 Å². The highest BCUT2D eigenvalue weighted by molar-refractivity contribution is 6.04. The number of hydrogen-bond donors (Lipinski definition) is 2. The molecule has 2 N–H and O–H groups in total. The van der Waals surface area contributed by atoms with Crippen LogP contribution < -0.4 is 16.2 Å². The third-order valence-electron chi connectivity index (χ3n) is 5.03. The van der Waals surface area contributed by atoms with Crippen LogP contribution in [0, 0.1) is 12.7 Å². The maximum Gasteiger partial charge on any atom is 0.291 e. The first-order valence-electron chi connectivity index (χ1n) is 10.5. The van der Waals surface area contributed by atoms with Crippen molar-refractivity contribution in [3.05, 3.63) is 112 Å². The van der Waals surface area contributed by atoms with Crippen LogP contribution in [0.1, 0.15) is 15.9 Å². The van der Waals surface area contributed by atoms with Gasteiger partial charge in [0.1, 0.15) is 18.0 Å². The van der Waals surface area contributed by atoms with Crippen molar-refractivity contribution in [2.75, 3.05) is 10.6 Å². The lowest BCUT2D eigenvalue weighted by molar-refractivity contribution is -0.117. The smallest absolute Gasteiger partial charge is 0.291 e. The van der Waals surface area contributed by atoms with Gasteiger partial charge in [-0.15, -0.1) is 0 Å². The second-order valence-electron chi connectivity index (χ2n) is 7.65. The molecule has 0 unspecified atom stereocenters. The van der Waals surface area contributed by atoms with Gasteiger partial charge in [-0.3, -0.25) is 14.4 Å². The predicted octanol–water partition coefficient (Wildman–Crippen LogP) is 4.25. The number of hydrogen-bond acceptors (Lipinski definition) is 4. The van der Waals surface area contributed by atoms with Crippen molar-refractivity contribution in [2.45, 2.75) is 13.5 Å². The van der Waals surface area contributed by atoms with E-state index in [1.807, 2.05) is 31.2 Å². The van der Waals surface area contributed by atoms with Gasteiger partial charge in [0.25, 0.3) is 11.5 Å². The van der Waals surface area contributed by atoms with E-state index in [9.17, 15) is 18.8 Å². The van der Waals surface area contributed by atoms with E-state index in [4.69, 9.17) is 0 Å². The van der Waals surface area contributed by atoms with Gasteiger partial charge >= 0.3 is 0 Å². The van der Waals surface area contributed by atoms with Gasteiger partial charge in [-0.1, -0.05) is 48.0 Å². The lowest BCUT2D eigenvalue weighted by atomic mass is 10.1. The van der Waals surface area contributed by atoms with E-state index in [-0.39, 0.29) is 5.69 Å². The van der Waals surface area contributed by atoms with Crippen LogP contribution in [-0.2, 0) is 11.3 Å². The second-order valence-corrected chi connectivity index (χ2v) is 7.65. The van der Waals surface area contributed by atoms with Gasteiger partial charge < -0.3 is 10.6 Å². The van der Waals surface area contributed by atoms with Crippen LogP contribution in [-0.4, -0.2) is 21.6 Å². The molecule has 0 spiro atoms. The zero-order chi connectivity index (χ0) is 24.1. The second kappa shape index (κ2) is 9.91. The Balaban J connectivity index is 1.67. The number of benzene rings is 3. The van der Waals surface area contributed by atoms with Crippen LogP contribution >= 0.6 is 0 Å². The quantitative estimate of drug-likeness (QED) is 0.454. The fraction of sp³-hybridized carbons (Fsp3) is 0.0769. The first-order valence-corrected chi connectivity index (χ1v) is 10.5. The Bertz CT molecular complexity index is 1380. The summed E-state index contributed by atoms with van der Waals surface area (Å²) < 4.78 is 14.1. The van der Waals surface area contributed by atoms with Crippen molar-refractivity contribution < 1.29 is 14.0 Å². The van der Waals surface area contributed by atoms with Gasteiger partial charge in [-0.05, 0) is 49.4 Å². The van der Waals surface area contributed by atoms with E-state index in [1.165, 1.54) is 30.3 Å². The normalized spacial score (nSPS) is 10.5. The van der Waals surface area contributed by atoms with E-state index in [0.29, 0.717) is 22.5 Å². The number of aromatic nitrogens is 2. The Hall–Kier alpha value is -4.59. The predicted molar refractivity (Wildman–Crippen MR) is 128 cm³/mol. The summed E-state index contributed by atoms with van der Waals surface area (Å²) in [6.07, 6.45) is 0. The average Bonchev–Trinajstić information content (AvgIpc) is 2.84. The molecule has 0 fully saturated rings. The molecule has 1 heterocycles. The van der Waals surface area contributed by atoms with E-state index in [2.05, 4.69) is 15.7 Å². The molecule has 1 aromatic heterocycles. The summed E-state index contributed by atoms with van der Waals surface area (Å²) in [5.74, 6) is -1.41. The van der Waals surface area contributed by atoms with Gasteiger partial charge in [-0.25, -0.2) is 9.07 Å². The van der Waals surface area contributed by atoms with Crippen molar-refractivity contribution >= 4 is 23.2 Å². The number of nitrogens with one attached hydrogen (secondary N) is 2. The number of halogens is 1. The highest BCUT2D eigenvalue weighted by Gasteiger charge is 2.16. The topological polar surface area (TPSA) is 93.1 Å². The highest BCUT2D eigenvalue weighted by Crippen LogP contribution is 2.19. The number of carbonyl (C=O) groups is 2. The van der Waals surface area contributed by atoms with Gasteiger partial charge in [0.2, 0.25) is 5.91 Å². The van der Waals surface area contributed by atoms with Crippen LogP contribution in [0.5, 0.6) is 0 Å². The third kappa shape index (κ3) is 5.42. The number of nitrogens with zero attached hydrogens (tertiary/aromatic N) is 2. The van der Waals surface area contributed by atoms with Crippen LogP contribution in [0.15, 0.2) is 89.7 Å². The third-order valence-corrected chi connectivity index (χ3v) is 5.03. The number of aryl methyl sites for hydroxylation is 1. The summed E-state index contributed by atoms with van der Waals surface area (Å²) in [5, 5.41) is 9.58. The molecule has 4 aromatic rings. The monoisotopic (exact) mass is 456 g/mol. The van der Waals surface area contributed by atoms with Crippen LogP contribution in [0.3, 0.4) is 0 Å². The van der Waals surface area contributed by atoms with Gasteiger partial charge in [0.15, 0.2) is 0 Å². The molecule has 0 aliphatic rings. The molecule has 34 heavy (non-hydrogen) atoms. The zero-order valence-corrected chi connectivity index (χ0v) is 18.3. The fourth-order valence-corrected chi connectivity index (χ4v) is 3.26. The molecule has 0 saturated heterocycles. The first-order chi connectivity index (χ1) is 16.4. The Morgan fingerprint density at radius 3 is 2.26 bits per heavy atom. The van der Waals surface area contributed by atoms with Crippen molar-refractivity contribution in [1.82, 2.24) is 9.78 Å². The van der Waals surface area contributed by atoms with Gasteiger partial charge in [-0.2, -0.15) is 5.10 Å². The minimum atomic E-state index is -0.630. The molecular weight excluding hydrogens is 435 g/mol. The lowest BCUT2D eigenvalue weighted by Gasteiger charge is -2.12. The minimum Gasteiger partial charge on any atom is -0.324 e. The molecule has 8 heteroatoms. The summed E-state index contributed by atoms with van der Waals surface area (Å²) in [5.41, 5.74) is 2.31. The standard InChI is InChI=1S/C26H21FN4O3/c1-17-7-9-18(10-8-17)22-15-23(29-25(33)19-5-3-2-4-6-19)26(34)31(30-22)16-24(32)28-21-13-11-20(27)12-14-21/h2-15H,16H2,1H3,(H,28,32)(H,29,33). The number of carbonyl (C=O) groups excluding carboxylic acids is 2. The van der Waals surface area contributed by atoms with Gasteiger partial charge in [0.05, 0.1) is 5.69 Å². The molecule has 3 aromatic carbocycles. The molecule has 0 bridgehead atoms. The van der Waals surface area contributed by atoms with E-state index >= 15 is 0 Å². The van der Waals surface area contributed by atoms with E-state index < -0.39 is 29.7 Å². The molecular formula is C26H21FN4O3. The maximum absolute atomic E-state index is 13.1. The Kier molecular flexibility index (Phi) is 6.59. The minimum absolute atomic E-state index is 0.00555. The zero-order valence-electron chi connectivity index (χ0n) is 18.3. The van der Waals surface area contributed by atoms with Crippen molar-refractivity contribution in [1.29, 1.82) is 0 Å². The summed E-state index contributed by atoms with van der Waals surface area (Å²) in [6, 6.07) is 22.7. The van der Waals surface area contributed by atoms with Crippen molar-refractivity contribution in [2.24, 2.45) is 0 Å². The average molecular weight is 456 g/mol. The molecule has 7 nitrogen and oxygen atoms in total. The fourth-order valence-electron chi connectivity index (χ4n) is 3.26. The Morgan fingerprint density at radius 2 is 1.59 bits per heavy atom. The summed E-state index contributed by atoms with van der Waals surface area (Å²) in [7, 11) is 0. The molecule has 0 radical (unpaired) electrons. The highest BCUT2D eigenvalue weighted by atomic mass is 19.1. The molecule has 170 valence electrons. The Morgan fingerprint density at radius 1 is 0.912 bits per heavy atom. The van der Waals surface area contributed by atoms with Crippen molar-refractivity contribution in [3.63, 3.8) is 0 Å². The number of amides is 2. The van der Waals surface area contributed by atoms with Crippen LogP contribution in [0.25, 0.3) is 11.3 Å². The molecule has 0 saturated carbocycles. The van der Waals surface area contributed by atoms with E-state index in [0.717, 1.165) is 10.2 Å². The number of anilines is 2. The Labute approximate surface area is 194 Å². The van der Waals surface area contributed by atoms with E-state index in [1.54, 1.807) is 30.3 Å². The first kappa shape index (κ1) is 22.6. The molecule has 0 atom stereocenters. The summed E-state index contributed by atoms with van der Waals surface area (Å²) >= 11 is 0. The number of rotatable bonds is 6. The molecule has 0 aliphatic heterocycles. The summed E-state index contributed by atoms with van der Waals surface area (Å²) in [4.78, 5) is 38.3. The molecule has 0 aliphatic carbocycles. The maximum atomic E-state index is 13.1. The lowest BCUT2D eigenvalue weighted by Crippen LogP contribution is -2.32. The van der Waals surface area contributed by atoms with Crippen LogP contribution in [0.4, 0.5) is 15.8 Å². The van der Waals surface area contributed by atoms with Crippen LogP contribution in [0.2, 0.25) is 0 Å².